The number of sulfonamides is 1. The van der Waals surface area contributed by atoms with Crippen molar-refractivity contribution >= 4 is 21.4 Å². The lowest BCUT2D eigenvalue weighted by molar-refractivity contribution is 0.300. The third kappa shape index (κ3) is 5.63. The van der Waals surface area contributed by atoms with Crippen molar-refractivity contribution in [3.8, 4) is 5.75 Å². The van der Waals surface area contributed by atoms with Crippen LogP contribution in [0.5, 0.6) is 5.75 Å². The summed E-state index contributed by atoms with van der Waals surface area (Å²) in [6.45, 7) is 6.51. The van der Waals surface area contributed by atoms with Gasteiger partial charge in [0.1, 0.15) is 5.75 Å². The highest BCUT2D eigenvalue weighted by Crippen LogP contribution is 2.29. The average Bonchev–Trinajstić information content (AvgIpc) is 3.43. The molecule has 0 unspecified atom stereocenters. The predicted molar refractivity (Wildman–Crippen MR) is 111 cm³/mol. The Bertz CT molecular complexity index is 850. The van der Waals surface area contributed by atoms with Crippen molar-refractivity contribution in [1.82, 2.24) is 0 Å². The van der Waals surface area contributed by atoms with E-state index in [1.807, 2.05) is 36.4 Å². The Hall–Kier alpha value is -2.21. The number of hydrogen-bond acceptors (Lipinski definition) is 4. The SMILES string of the molecule is CC(C)(C)S(=O)(=O)Nc1ccc(CNc2ccc(OCC3CC3)cc2)cc1. The molecule has 27 heavy (non-hydrogen) atoms. The van der Waals surface area contributed by atoms with Gasteiger partial charge in [0.25, 0.3) is 0 Å². The molecule has 1 fully saturated rings. The van der Waals surface area contributed by atoms with Crippen LogP contribution in [0.15, 0.2) is 48.5 Å². The molecule has 0 aliphatic heterocycles. The Kier molecular flexibility index (Phi) is 5.65. The van der Waals surface area contributed by atoms with E-state index in [4.69, 9.17) is 4.74 Å². The van der Waals surface area contributed by atoms with Gasteiger partial charge in [-0.3, -0.25) is 4.72 Å². The third-order valence-corrected chi connectivity index (χ3v) is 6.66. The van der Waals surface area contributed by atoms with Crippen LogP contribution in [0, 0.1) is 5.92 Å². The molecule has 2 N–H and O–H groups in total. The van der Waals surface area contributed by atoms with Crippen molar-refractivity contribution in [2.24, 2.45) is 5.92 Å². The average molecular weight is 389 g/mol. The highest BCUT2D eigenvalue weighted by atomic mass is 32.2. The summed E-state index contributed by atoms with van der Waals surface area (Å²) in [5.41, 5.74) is 2.67. The van der Waals surface area contributed by atoms with E-state index in [2.05, 4.69) is 10.0 Å². The predicted octanol–water partition coefficient (Wildman–Crippen LogP) is 4.63. The minimum Gasteiger partial charge on any atom is -0.493 e. The molecule has 0 amide bonds. The first-order valence-electron chi connectivity index (χ1n) is 9.31. The molecule has 2 aromatic rings. The van der Waals surface area contributed by atoms with Crippen LogP contribution < -0.4 is 14.8 Å². The molecule has 1 saturated carbocycles. The Morgan fingerprint density at radius 3 is 2.11 bits per heavy atom. The summed E-state index contributed by atoms with van der Waals surface area (Å²) in [7, 11) is -3.41. The molecular formula is C21H28N2O3S. The molecule has 0 bridgehead atoms. The van der Waals surface area contributed by atoms with E-state index in [9.17, 15) is 8.42 Å². The zero-order valence-electron chi connectivity index (χ0n) is 16.2. The fraction of sp³-hybridized carbons (Fsp3) is 0.429. The van der Waals surface area contributed by atoms with Gasteiger partial charge in [0.15, 0.2) is 0 Å². The monoisotopic (exact) mass is 388 g/mol. The largest absolute Gasteiger partial charge is 0.493 e. The molecule has 0 aromatic heterocycles. The summed E-state index contributed by atoms with van der Waals surface area (Å²) in [5.74, 6) is 1.65. The van der Waals surface area contributed by atoms with E-state index in [1.54, 1.807) is 32.9 Å². The number of ether oxygens (including phenoxy) is 1. The van der Waals surface area contributed by atoms with Gasteiger partial charge in [-0.15, -0.1) is 0 Å². The minimum atomic E-state index is -3.41. The first-order chi connectivity index (χ1) is 12.7. The van der Waals surface area contributed by atoms with Crippen molar-refractivity contribution in [2.45, 2.75) is 44.9 Å². The summed E-state index contributed by atoms with van der Waals surface area (Å²) >= 11 is 0. The van der Waals surface area contributed by atoms with Crippen LogP contribution in [-0.2, 0) is 16.6 Å². The second-order valence-electron chi connectivity index (χ2n) is 8.05. The van der Waals surface area contributed by atoms with E-state index in [1.165, 1.54) is 12.8 Å². The normalized spacial score (nSPS) is 14.6. The highest BCUT2D eigenvalue weighted by Gasteiger charge is 2.28. The van der Waals surface area contributed by atoms with E-state index in [0.29, 0.717) is 12.2 Å². The maximum atomic E-state index is 12.2. The van der Waals surface area contributed by atoms with Crippen LogP contribution in [0.3, 0.4) is 0 Å². The molecule has 6 heteroatoms. The quantitative estimate of drug-likeness (QED) is 0.692. The first kappa shape index (κ1) is 19.5. The van der Waals surface area contributed by atoms with Gasteiger partial charge in [0.05, 0.1) is 11.4 Å². The molecule has 2 aromatic carbocycles. The van der Waals surface area contributed by atoms with Crippen LogP contribution in [0.25, 0.3) is 0 Å². The molecule has 146 valence electrons. The maximum Gasteiger partial charge on any atom is 0.237 e. The third-order valence-electron chi connectivity index (χ3n) is 4.55. The zero-order chi connectivity index (χ0) is 19.5. The lowest BCUT2D eigenvalue weighted by Gasteiger charge is -2.20. The molecule has 5 nitrogen and oxygen atoms in total. The summed E-state index contributed by atoms with van der Waals surface area (Å²) in [4.78, 5) is 0. The highest BCUT2D eigenvalue weighted by molar-refractivity contribution is 7.94. The molecule has 0 radical (unpaired) electrons. The molecule has 0 heterocycles. The Balaban J connectivity index is 1.51. The summed E-state index contributed by atoms with van der Waals surface area (Å²) < 4.78 is 31.9. The van der Waals surface area contributed by atoms with Gasteiger partial charge in [-0.05, 0) is 81.5 Å². The molecule has 0 atom stereocenters. The summed E-state index contributed by atoms with van der Waals surface area (Å²) in [5, 5.41) is 3.36. The number of rotatable bonds is 8. The van der Waals surface area contributed by atoms with E-state index in [0.717, 1.165) is 29.5 Å². The van der Waals surface area contributed by atoms with E-state index in [-0.39, 0.29) is 0 Å². The van der Waals surface area contributed by atoms with Crippen molar-refractivity contribution in [2.75, 3.05) is 16.6 Å². The van der Waals surface area contributed by atoms with Crippen molar-refractivity contribution < 1.29 is 13.2 Å². The standard InChI is InChI=1S/C21H28N2O3S/c1-21(2,3)27(24,25)23-19-8-6-16(7-9-19)14-22-18-10-12-20(13-11-18)26-15-17-4-5-17/h6-13,17,22-23H,4-5,14-15H2,1-3H3. The Morgan fingerprint density at radius 1 is 0.963 bits per heavy atom. The summed E-state index contributed by atoms with van der Waals surface area (Å²) in [6, 6.07) is 15.4. The maximum absolute atomic E-state index is 12.2. The number of benzene rings is 2. The fourth-order valence-electron chi connectivity index (χ4n) is 2.37. The van der Waals surface area contributed by atoms with Crippen LogP contribution in [-0.4, -0.2) is 19.8 Å². The zero-order valence-corrected chi connectivity index (χ0v) is 17.0. The van der Waals surface area contributed by atoms with Gasteiger partial charge < -0.3 is 10.1 Å². The Morgan fingerprint density at radius 2 is 1.56 bits per heavy atom. The van der Waals surface area contributed by atoms with E-state index < -0.39 is 14.8 Å². The smallest absolute Gasteiger partial charge is 0.237 e. The molecule has 0 spiro atoms. The van der Waals surface area contributed by atoms with Crippen LogP contribution in [0.2, 0.25) is 0 Å². The lowest BCUT2D eigenvalue weighted by Crippen LogP contribution is -2.33. The number of nitrogens with one attached hydrogen (secondary N) is 2. The van der Waals surface area contributed by atoms with Crippen molar-refractivity contribution in [3.05, 3.63) is 54.1 Å². The summed E-state index contributed by atoms with van der Waals surface area (Å²) in [6.07, 6.45) is 2.58. The number of anilines is 2. The molecule has 1 aliphatic carbocycles. The topological polar surface area (TPSA) is 67.4 Å². The van der Waals surface area contributed by atoms with Gasteiger partial charge >= 0.3 is 0 Å². The van der Waals surface area contributed by atoms with Crippen LogP contribution in [0.1, 0.15) is 39.2 Å². The van der Waals surface area contributed by atoms with Crippen LogP contribution >= 0.6 is 0 Å². The minimum absolute atomic E-state index is 0.575. The fourth-order valence-corrected chi connectivity index (χ4v) is 3.12. The van der Waals surface area contributed by atoms with Gasteiger partial charge in [-0.2, -0.15) is 0 Å². The van der Waals surface area contributed by atoms with Gasteiger partial charge in [-0.25, -0.2) is 8.42 Å². The van der Waals surface area contributed by atoms with Crippen molar-refractivity contribution in [3.63, 3.8) is 0 Å². The molecular weight excluding hydrogens is 360 g/mol. The lowest BCUT2D eigenvalue weighted by atomic mass is 10.2. The van der Waals surface area contributed by atoms with Crippen molar-refractivity contribution in [1.29, 1.82) is 0 Å². The second kappa shape index (κ2) is 7.80. The second-order valence-corrected chi connectivity index (χ2v) is 10.5. The van der Waals surface area contributed by atoms with Crippen LogP contribution in [0.4, 0.5) is 11.4 Å². The Labute approximate surface area is 162 Å². The first-order valence-corrected chi connectivity index (χ1v) is 10.8. The van der Waals surface area contributed by atoms with Gasteiger partial charge in [0, 0.05) is 17.9 Å². The molecule has 3 rings (SSSR count). The van der Waals surface area contributed by atoms with Gasteiger partial charge in [0.2, 0.25) is 10.0 Å². The molecule has 1 aliphatic rings. The van der Waals surface area contributed by atoms with E-state index >= 15 is 0 Å². The molecule has 0 saturated heterocycles. The number of hydrogen-bond donors (Lipinski definition) is 2. The van der Waals surface area contributed by atoms with Gasteiger partial charge in [-0.1, -0.05) is 12.1 Å².